The van der Waals surface area contributed by atoms with E-state index in [2.05, 4.69) is 10.3 Å². The smallest absolute Gasteiger partial charge is 0.311 e. The first-order chi connectivity index (χ1) is 9.60. The van der Waals surface area contributed by atoms with Crippen molar-refractivity contribution in [2.45, 2.75) is 6.61 Å². The SMILES string of the molecule is COCc1cccc(Nc2nc(Cl)ccc2[N+](=O)[O-])c1. The van der Waals surface area contributed by atoms with Gasteiger partial charge < -0.3 is 10.1 Å². The summed E-state index contributed by atoms with van der Waals surface area (Å²) in [5.41, 5.74) is 1.49. The van der Waals surface area contributed by atoms with Crippen molar-refractivity contribution < 1.29 is 9.66 Å². The van der Waals surface area contributed by atoms with E-state index in [1.54, 1.807) is 13.2 Å². The summed E-state index contributed by atoms with van der Waals surface area (Å²) >= 11 is 5.78. The number of hydrogen-bond donors (Lipinski definition) is 1. The number of pyridine rings is 1. The molecule has 7 heteroatoms. The van der Waals surface area contributed by atoms with E-state index >= 15 is 0 Å². The van der Waals surface area contributed by atoms with Gasteiger partial charge in [0.15, 0.2) is 0 Å². The number of methoxy groups -OCH3 is 1. The van der Waals surface area contributed by atoms with Crippen LogP contribution in [0, 0.1) is 10.1 Å². The van der Waals surface area contributed by atoms with Crippen LogP contribution in [0.2, 0.25) is 5.15 Å². The van der Waals surface area contributed by atoms with Gasteiger partial charge in [-0.25, -0.2) is 4.98 Å². The molecule has 2 rings (SSSR count). The van der Waals surface area contributed by atoms with Crippen LogP contribution in [0.1, 0.15) is 5.56 Å². The van der Waals surface area contributed by atoms with Crippen LogP contribution < -0.4 is 5.32 Å². The highest BCUT2D eigenvalue weighted by molar-refractivity contribution is 6.29. The Labute approximate surface area is 120 Å². The number of benzene rings is 1. The Bertz CT molecular complexity index is 634. The zero-order valence-corrected chi connectivity index (χ0v) is 11.4. The number of aromatic nitrogens is 1. The molecule has 0 atom stereocenters. The second-order valence-electron chi connectivity index (χ2n) is 4.02. The minimum absolute atomic E-state index is 0.108. The molecule has 0 bridgehead atoms. The molecule has 1 aromatic heterocycles. The van der Waals surface area contributed by atoms with Gasteiger partial charge in [-0.3, -0.25) is 10.1 Å². The molecule has 2 aromatic rings. The van der Waals surface area contributed by atoms with Crippen LogP contribution in [-0.2, 0) is 11.3 Å². The van der Waals surface area contributed by atoms with Crippen molar-refractivity contribution in [3.8, 4) is 0 Å². The predicted molar refractivity (Wildman–Crippen MR) is 76.3 cm³/mol. The highest BCUT2D eigenvalue weighted by Gasteiger charge is 2.15. The van der Waals surface area contributed by atoms with E-state index in [1.807, 2.05) is 18.2 Å². The average Bonchev–Trinajstić information content (AvgIpc) is 2.39. The van der Waals surface area contributed by atoms with E-state index in [0.717, 1.165) is 5.56 Å². The van der Waals surface area contributed by atoms with E-state index in [4.69, 9.17) is 16.3 Å². The Morgan fingerprint density at radius 3 is 2.90 bits per heavy atom. The van der Waals surface area contributed by atoms with Gasteiger partial charge in [0.1, 0.15) is 5.15 Å². The molecular weight excluding hydrogens is 282 g/mol. The number of hydrogen-bond acceptors (Lipinski definition) is 5. The minimum Gasteiger partial charge on any atom is -0.380 e. The summed E-state index contributed by atoms with van der Waals surface area (Å²) in [6, 6.07) is 10.0. The van der Waals surface area contributed by atoms with Crippen molar-refractivity contribution in [2.24, 2.45) is 0 Å². The number of nitrogens with one attached hydrogen (secondary N) is 1. The topological polar surface area (TPSA) is 77.3 Å². The fourth-order valence-electron chi connectivity index (χ4n) is 1.71. The van der Waals surface area contributed by atoms with Gasteiger partial charge in [-0.1, -0.05) is 23.7 Å². The standard InChI is InChI=1S/C13H12ClN3O3/c1-20-8-9-3-2-4-10(7-9)15-13-11(17(18)19)5-6-12(14)16-13/h2-7H,8H2,1H3,(H,15,16). The monoisotopic (exact) mass is 293 g/mol. The van der Waals surface area contributed by atoms with Gasteiger partial charge >= 0.3 is 5.69 Å². The Hall–Kier alpha value is -2.18. The Morgan fingerprint density at radius 2 is 2.20 bits per heavy atom. The molecule has 20 heavy (non-hydrogen) atoms. The van der Waals surface area contributed by atoms with Crippen LogP contribution in [-0.4, -0.2) is 17.0 Å². The molecule has 104 valence electrons. The Kier molecular flexibility index (Phi) is 4.49. The third-order valence-corrected chi connectivity index (χ3v) is 2.75. The maximum atomic E-state index is 11.0. The zero-order chi connectivity index (χ0) is 14.5. The molecule has 0 saturated carbocycles. The molecule has 1 N–H and O–H groups in total. The lowest BCUT2D eigenvalue weighted by molar-refractivity contribution is -0.384. The maximum absolute atomic E-state index is 11.0. The number of nitro groups is 1. The van der Waals surface area contributed by atoms with Crippen LogP contribution >= 0.6 is 11.6 Å². The Morgan fingerprint density at radius 1 is 1.40 bits per heavy atom. The summed E-state index contributed by atoms with van der Waals surface area (Å²) in [7, 11) is 1.60. The average molecular weight is 294 g/mol. The lowest BCUT2D eigenvalue weighted by Gasteiger charge is -2.08. The molecule has 1 heterocycles. The summed E-state index contributed by atoms with van der Waals surface area (Å²) in [5.74, 6) is 0.108. The van der Waals surface area contributed by atoms with Crippen molar-refractivity contribution in [3.05, 3.63) is 57.2 Å². The van der Waals surface area contributed by atoms with Crippen LogP contribution in [0.4, 0.5) is 17.2 Å². The zero-order valence-electron chi connectivity index (χ0n) is 10.7. The quantitative estimate of drug-likeness (QED) is 0.518. The largest absolute Gasteiger partial charge is 0.380 e. The first-order valence-corrected chi connectivity index (χ1v) is 6.14. The maximum Gasteiger partial charge on any atom is 0.311 e. The molecule has 1 aromatic carbocycles. The molecule has 0 fully saturated rings. The van der Waals surface area contributed by atoms with Gasteiger partial charge in [0, 0.05) is 18.9 Å². The summed E-state index contributed by atoms with van der Waals surface area (Å²) in [6.45, 7) is 0.459. The van der Waals surface area contributed by atoms with Crippen LogP contribution in [0.25, 0.3) is 0 Å². The number of rotatable bonds is 5. The van der Waals surface area contributed by atoms with E-state index in [1.165, 1.54) is 12.1 Å². The molecule has 0 aliphatic heterocycles. The molecule has 0 spiro atoms. The number of nitrogens with zero attached hydrogens (tertiary/aromatic N) is 2. The van der Waals surface area contributed by atoms with Gasteiger partial charge in [-0.05, 0) is 23.8 Å². The molecule has 0 radical (unpaired) electrons. The van der Waals surface area contributed by atoms with Crippen molar-refractivity contribution in [1.29, 1.82) is 0 Å². The molecule has 6 nitrogen and oxygen atoms in total. The van der Waals surface area contributed by atoms with Crippen molar-refractivity contribution in [1.82, 2.24) is 4.98 Å². The fraction of sp³-hybridized carbons (Fsp3) is 0.154. The summed E-state index contributed by atoms with van der Waals surface area (Å²) in [4.78, 5) is 14.4. The summed E-state index contributed by atoms with van der Waals surface area (Å²) in [6.07, 6.45) is 0. The Balaban J connectivity index is 2.31. The predicted octanol–water partition coefficient (Wildman–Crippen LogP) is 3.53. The van der Waals surface area contributed by atoms with E-state index in [-0.39, 0.29) is 16.7 Å². The summed E-state index contributed by atoms with van der Waals surface area (Å²) in [5, 5.41) is 14.0. The molecule has 0 aliphatic rings. The first-order valence-electron chi connectivity index (χ1n) is 5.76. The molecule has 0 saturated heterocycles. The van der Waals surface area contributed by atoms with Gasteiger partial charge in [-0.2, -0.15) is 0 Å². The second-order valence-corrected chi connectivity index (χ2v) is 4.40. The van der Waals surface area contributed by atoms with Gasteiger partial charge in [-0.15, -0.1) is 0 Å². The normalized spacial score (nSPS) is 10.3. The third kappa shape index (κ3) is 3.43. The van der Waals surface area contributed by atoms with Crippen molar-refractivity contribution in [2.75, 3.05) is 12.4 Å². The van der Waals surface area contributed by atoms with Crippen LogP contribution in [0.3, 0.4) is 0 Å². The molecule has 0 unspecified atom stereocenters. The van der Waals surface area contributed by atoms with E-state index in [9.17, 15) is 10.1 Å². The first kappa shape index (κ1) is 14.2. The van der Waals surface area contributed by atoms with Crippen molar-refractivity contribution in [3.63, 3.8) is 0 Å². The number of anilines is 2. The van der Waals surface area contributed by atoms with Gasteiger partial charge in [0.2, 0.25) is 5.82 Å². The fourth-order valence-corrected chi connectivity index (χ4v) is 1.86. The van der Waals surface area contributed by atoms with E-state index < -0.39 is 4.92 Å². The van der Waals surface area contributed by atoms with Crippen LogP contribution in [0.5, 0.6) is 0 Å². The second kappa shape index (κ2) is 6.31. The van der Waals surface area contributed by atoms with E-state index in [0.29, 0.717) is 12.3 Å². The number of ether oxygens (including phenoxy) is 1. The van der Waals surface area contributed by atoms with Crippen LogP contribution in [0.15, 0.2) is 36.4 Å². The highest BCUT2D eigenvalue weighted by Crippen LogP contribution is 2.27. The molecular formula is C13H12ClN3O3. The molecule has 0 aliphatic carbocycles. The summed E-state index contributed by atoms with van der Waals surface area (Å²) < 4.78 is 5.04. The van der Waals surface area contributed by atoms with Crippen molar-refractivity contribution >= 4 is 28.8 Å². The van der Waals surface area contributed by atoms with Gasteiger partial charge in [0.25, 0.3) is 0 Å². The lowest BCUT2D eigenvalue weighted by Crippen LogP contribution is -2.00. The third-order valence-electron chi connectivity index (χ3n) is 2.54. The van der Waals surface area contributed by atoms with Gasteiger partial charge in [0.05, 0.1) is 11.5 Å². The molecule has 0 amide bonds. The minimum atomic E-state index is -0.509. The lowest BCUT2D eigenvalue weighted by atomic mass is 10.2. The highest BCUT2D eigenvalue weighted by atomic mass is 35.5. The number of halogens is 1.